The summed E-state index contributed by atoms with van der Waals surface area (Å²) >= 11 is 7.76. The van der Waals surface area contributed by atoms with Crippen molar-refractivity contribution in [3.05, 3.63) is 43.3 Å². The molecule has 1 N–H and O–H groups in total. The number of rotatable bonds is 4. The van der Waals surface area contributed by atoms with Gasteiger partial charge in [-0.05, 0) is 74.9 Å². The van der Waals surface area contributed by atoms with Gasteiger partial charge in [-0.15, -0.1) is 11.3 Å². The lowest BCUT2D eigenvalue weighted by Gasteiger charge is -2.01. The molecule has 0 aliphatic heterocycles. The topological polar surface area (TPSA) is 12.0 Å². The van der Waals surface area contributed by atoms with Gasteiger partial charge < -0.3 is 5.32 Å². The van der Waals surface area contributed by atoms with E-state index in [1.165, 1.54) is 18.9 Å². The van der Waals surface area contributed by atoms with Crippen molar-refractivity contribution in [1.29, 1.82) is 0 Å². The van der Waals surface area contributed by atoms with Gasteiger partial charge in [-0.25, -0.2) is 0 Å². The predicted molar refractivity (Wildman–Crippen MR) is 87.6 cm³/mol. The smallest absolute Gasteiger partial charge is 0.0346 e. The molecule has 90 valence electrons. The second kappa shape index (κ2) is 6.31. The lowest BCUT2D eigenvalue weighted by Crippen LogP contribution is -2.10. The molecule has 2 aromatic rings. The Kier molecular flexibility index (Phi) is 5.02. The maximum atomic E-state index is 3.58. The summed E-state index contributed by atoms with van der Waals surface area (Å²) in [4.78, 5) is 2.71. The Hall–Kier alpha value is 0.0900. The number of thiophene rings is 1. The van der Waals surface area contributed by atoms with Gasteiger partial charge in [0.25, 0.3) is 0 Å². The molecule has 0 amide bonds. The number of benzene rings is 1. The Bertz CT molecular complexity index is 510. The van der Waals surface area contributed by atoms with Crippen LogP contribution in [-0.2, 0) is 6.54 Å². The van der Waals surface area contributed by atoms with E-state index in [1.54, 1.807) is 0 Å². The Labute approximate surface area is 128 Å². The van der Waals surface area contributed by atoms with Gasteiger partial charge in [-0.1, -0.05) is 13.0 Å². The van der Waals surface area contributed by atoms with Crippen LogP contribution < -0.4 is 5.32 Å². The summed E-state index contributed by atoms with van der Waals surface area (Å²) in [6.45, 7) is 4.11. The summed E-state index contributed by atoms with van der Waals surface area (Å²) in [5.74, 6) is 0. The molecule has 0 atom stereocenters. The Morgan fingerprint density at radius 3 is 2.82 bits per heavy atom. The van der Waals surface area contributed by atoms with Crippen molar-refractivity contribution in [1.82, 2.24) is 5.32 Å². The van der Waals surface area contributed by atoms with Gasteiger partial charge in [0.05, 0.1) is 0 Å². The van der Waals surface area contributed by atoms with E-state index >= 15 is 0 Å². The minimum Gasteiger partial charge on any atom is -0.312 e. The quantitative estimate of drug-likeness (QED) is 0.693. The molecule has 1 nitrogen and oxygen atoms in total. The van der Waals surface area contributed by atoms with Crippen molar-refractivity contribution in [3.8, 4) is 10.4 Å². The third kappa shape index (κ3) is 3.53. The molecule has 0 saturated carbocycles. The lowest BCUT2D eigenvalue weighted by atomic mass is 10.2. The number of nitrogens with one attached hydrogen (secondary N) is 1. The van der Waals surface area contributed by atoms with Crippen LogP contribution in [-0.4, -0.2) is 6.54 Å². The van der Waals surface area contributed by atoms with Gasteiger partial charge in [0, 0.05) is 24.3 Å². The average molecular weight is 422 g/mol. The third-order valence-corrected chi connectivity index (χ3v) is 5.89. The molecule has 0 radical (unpaired) electrons. The van der Waals surface area contributed by atoms with Crippen LogP contribution in [0.25, 0.3) is 10.4 Å². The first-order chi connectivity index (χ1) is 8.20. The van der Waals surface area contributed by atoms with E-state index in [4.69, 9.17) is 0 Å². The zero-order valence-electron chi connectivity index (χ0n) is 9.47. The lowest BCUT2D eigenvalue weighted by molar-refractivity contribution is 0.735. The van der Waals surface area contributed by atoms with Gasteiger partial charge in [0.15, 0.2) is 0 Å². The normalized spacial score (nSPS) is 10.8. The number of halogens is 2. The van der Waals surface area contributed by atoms with Gasteiger partial charge >= 0.3 is 0 Å². The van der Waals surface area contributed by atoms with Crippen molar-refractivity contribution in [2.24, 2.45) is 0 Å². The molecule has 17 heavy (non-hydrogen) atoms. The molecule has 0 bridgehead atoms. The second-order valence-electron chi connectivity index (χ2n) is 3.68. The van der Waals surface area contributed by atoms with E-state index in [0.717, 1.165) is 17.6 Å². The highest BCUT2D eigenvalue weighted by Crippen LogP contribution is 2.31. The van der Waals surface area contributed by atoms with E-state index in [9.17, 15) is 0 Å². The van der Waals surface area contributed by atoms with Crippen molar-refractivity contribution < 1.29 is 0 Å². The molecule has 1 aromatic carbocycles. The van der Waals surface area contributed by atoms with Crippen LogP contribution >= 0.6 is 49.9 Å². The highest BCUT2D eigenvalue weighted by molar-refractivity contribution is 14.1. The summed E-state index contributed by atoms with van der Waals surface area (Å²) in [7, 11) is 0. The van der Waals surface area contributed by atoms with Crippen LogP contribution in [0.1, 0.15) is 11.8 Å². The van der Waals surface area contributed by atoms with E-state index < -0.39 is 0 Å². The fourth-order valence-corrected chi connectivity index (χ4v) is 3.21. The summed E-state index contributed by atoms with van der Waals surface area (Å²) in [5, 5.41) is 3.35. The van der Waals surface area contributed by atoms with E-state index in [0.29, 0.717) is 0 Å². The van der Waals surface area contributed by atoms with Crippen LogP contribution in [0.15, 0.2) is 34.8 Å². The van der Waals surface area contributed by atoms with Crippen LogP contribution in [0.2, 0.25) is 0 Å². The van der Waals surface area contributed by atoms with Crippen molar-refractivity contribution in [2.45, 2.75) is 13.5 Å². The van der Waals surface area contributed by atoms with E-state index in [1.807, 2.05) is 11.3 Å². The Morgan fingerprint density at radius 1 is 1.29 bits per heavy atom. The maximum Gasteiger partial charge on any atom is 0.0346 e. The summed E-state index contributed by atoms with van der Waals surface area (Å²) < 4.78 is 2.41. The molecule has 1 heterocycles. The van der Waals surface area contributed by atoms with E-state index in [-0.39, 0.29) is 0 Å². The highest BCUT2D eigenvalue weighted by atomic mass is 127. The predicted octanol–water partition coefficient (Wildman–Crippen LogP) is 4.89. The molecule has 0 aliphatic rings. The van der Waals surface area contributed by atoms with Crippen molar-refractivity contribution in [2.75, 3.05) is 6.54 Å². The Morgan fingerprint density at radius 2 is 2.12 bits per heavy atom. The molecule has 0 saturated heterocycles. The molecule has 0 fully saturated rings. The zero-order chi connectivity index (χ0) is 12.3. The van der Waals surface area contributed by atoms with Crippen molar-refractivity contribution >= 4 is 49.9 Å². The second-order valence-corrected chi connectivity index (χ2v) is 6.86. The standard InChI is InChI=1S/C13H13BrINS/c1-2-16-8-10-4-6-13(17-10)9-3-5-12(15)11(14)7-9/h3-7,16H,2,8H2,1H3. The fourth-order valence-electron chi connectivity index (χ4n) is 1.53. The molecule has 0 spiro atoms. The average Bonchev–Trinajstić information content (AvgIpc) is 2.79. The minimum absolute atomic E-state index is 0.965. The van der Waals surface area contributed by atoms with Gasteiger partial charge in [0.1, 0.15) is 0 Å². The van der Waals surface area contributed by atoms with Gasteiger partial charge in [-0.2, -0.15) is 0 Å². The molecule has 1 aromatic heterocycles. The summed E-state index contributed by atoms with van der Waals surface area (Å²) in [5.41, 5.74) is 1.28. The van der Waals surface area contributed by atoms with E-state index in [2.05, 4.69) is 81.1 Å². The van der Waals surface area contributed by atoms with Gasteiger partial charge in [-0.3, -0.25) is 0 Å². The monoisotopic (exact) mass is 421 g/mol. The molecular formula is C13H13BrINS. The molecule has 2 rings (SSSR count). The highest BCUT2D eigenvalue weighted by Gasteiger charge is 2.04. The summed E-state index contributed by atoms with van der Waals surface area (Å²) in [6, 6.07) is 10.9. The van der Waals surface area contributed by atoms with Crippen LogP contribution in [0.3, 0.4) is 0 Å². The first-order valence-corrected chi connectivity index (χ1v) is 8.14. The largest absolute Gasteiger partial charge is 0.312 e. The first kappa shape index (κ1) is 13.5. The van der Waals surface area contributed by atoms with Crippen molar-refractivity contribution in [3.63, 3.8) is 0 Å². The molecule has 0 aliphatic carbocycles. The molecular weight excluding hydrogens is 409 g/mol. The molecule has 0 unspecified atom stereocenters. The third-order valence-electron chi connectivity index (χ3n) is 2.42. The SMILES string of the molecule is CCNCc1ccc(-c2ccc(I)c(Br)c2)s1. The van der Waals surface area contributed by atoms with Gasteiger partial charge in [0.2, 0.25) is 0 Å². The maximum absolute atomic E-state index is 3.58. The molecule has 4 heteroatoms. The fraction of sp³-hybridized carbons (Fsp3) is 0.231. The van der Waals surface area contributed by atoms with Crippen LogP contribution in [0, 0.1) is 3.57 Å². The van der Waals surface area contributed by atoms with Crippen LogP contribution in [0.5, 0.6) is 0 Å². The minimum atomic E-state index is 0.965. The first-order valence-electron chi connectivity index (χ1n) is 5.45. The zero-order valence-corrected chi connectivity index (χ0v) is 14.0. The number of hydrogen-bond acceptors (Lipinski definition) is 2. The summed E-state index contributed by atoms with van der Waals surface area (Å²) in [6.07, 6.45) is 0. The Balaban J connectivity index is 2.21. The van der Waals surface area contributed by atoms with Crippen LogP contribution in [0.4, 0.5) is 0 Å². The number of hydrogen-bond donors (Lipinski definition) is 1.